The van der Waals surface area contributed by atoms with E-state index in [9.17, 15) is 0 Å². The third-order valence-electron chi connectivity index (χ3n) is 11.0. The first kappa shape index (κ1) is 34.3. The number of fused-ring (bicyclic) bond motifs is 2. The molecule has 0 radical (unpaired) electrons. The van der Waals surface area contributed by atoms with Crippen LogP contribution in [0, 0.1) is 11.3 Å². The van der Waals surface area contributed by atoms with E-state index in [1.807, 2.05) is 0 Å². The quantitative estimate of drug-likeness (QED) is 0.120. The molecule has 0 heterocycles. The van der Waals surface area contributed by atoms with E-state index in [0.717, 1.165) is 24.4 Å². The average Bonchev–Trinajstić information content (AvgIpc) is 3.41. The average molecular weight is 666 g/mol. The molecule has 3 aliphatic rings. The van der Waals surface area contributed by atoms with Crippen molar-refractivity contribution in [2.45, 2.75) is 139 Å². The largest absolute Gasteiger partial charge is 0.119 e. The van der Waals surface area contributed by atoms with Crippen LogP contribution in [-0.2, 0) is 8.99 Å². The van der Waals surface area contributed by atoms with Gasteiger partial charge in [0.1, 0.15) is 8.07 Å². The van der Waals surface area contributed by atoms with E-state index >= 15 is 0 Å². The highest BCUT2D eigenvalue weighted by molar-refractivity contribution is 6.96. The van der Waals surface area contributed by atoms with Crippen LogP contribution in [0.2, 0.25) is 38.3 Å². The summed E-state index contributed by atoms with van der Waals surface area (Å²) in [5, 5.41) is 0. The SMILES string of the molecule is CC(C)(C)CCCCCC[Si](C)(C1(Cl)C=C(CC2CCCCC2)c2ccccc21)C1(Cl)C(C[Si](C)(C)C)=Cc2ccccc21. The number of benzene rings is 2. The van der Waals surface area contributed by atoms with Gasteiger partial charge in [-0.25, -0.2) is 0 Å². The minimum Gasteiger partial charge on any atom is -0.113 e. The summed E-state index contributed by atoms with van der Waals surface area (Å²) in [4.78, 5) is 0. The van der Waals surface area contributed by atoms with Gasteiger partial charge in [-0.3, -0.25) is 0 Å². The highest BCUT2D eigenvalue weighted by atomic mass is 35.5. The summed E-state index contributed by atoms with van der Waals surface area (Å²) < 4.78 is -1.07. The molecule has 44 heavy (non-hydrogen) atoms. The second kappa shape index (κ2) is 13.2. The molecule has 2 aromatic carbocycles. The minimum atomic E-state index is -2.59. The molecule has 0 spiro atoms. The van der Waals surface area contributed by atoms with Crippen LogP contribution >= 0.6 is 23.2 Å². The highest BCUT2D eigenvalue weighted by Gasteiger charge is 2.65. The monoisotopic (exact) mass is 664 g/mol. The number of hydrogen-bond acceptors (Lipinski definition) is 0. The Balaban J connectivity index is 1.59. The van der Waals surface area contributed by atoms with Crippen LogP contribution in [0.4, 0.5) is 0 Å². The molecule has 5 rings (SSSR count). The molecular formula is C40H58Cl2Si2. The molecule has 240 valence electrons. The topological polar surface area (TPSA) is 0 Å². The summed E-state index contributed by atoms with van der Waals surface area (Å²) in [5.74, 6) is 0.775. The lowest BCUT2D eigenvalue weighted by Crippen LogP contribution is -2.62. The maximum atomic E-state index is 8.46. The van der Waals surface area contributed by atoms with Crippen molar-refractivity contribution in [2.75, 3.05) is 0 Å². The van der Waals surface area contributed by atoms with Gasteiger partial charge in [0.2, 0.25) is 0 Å². The van der Waals surface area contributed by atoms with Crippen LogP contribution in [0.1, 0.15) is 114 Å². The molecule has 3 aliphatic carbocycles. The number of alkyl halides is 2. The molecule has 0 N–H and O–H groups in total. The summed E-state index contributed by atoms with van der Waals surface area (Å²) in [7, 11) is -4.06. The lowest BCUT2D eigenvalue weighted by Gasteiger charge is -2.51. The lowest BCUT2D eigenvalue weighted by atomic mass is 9.84. The van der Waals surface area contributed by atoms with Crippen LogP contribution in [0.15, 0.2) is 60.2 Å². The predicted octanol–water partition coefficient (Wildman–Crippen LogP) is 13.5. The first-order valence-corrected chi connectivity index (χ1v) is 24.9. The number of rotatable bonds is 12. The van der Waals surface area contributed by atoms with Gasteiger partial charge in [-0.15, -0.1) is 23.2 Å². The Morgan fingerprint density at radius 3 is 2.11 bits per heavy atom. The molecule has 4 heteroatoms. The van der Waals surface area contributed by atoms with Crippen molar-refractivity contribution in [1.82, 2.24) is 0 Å². The molecule has 1 fully saturated rings. The summed E-state index contributed by atoms with van der Waals surface area (Å²) in [6.07, 6.45) is 19.4. The van der Waals surface area contributed by atoms with Crippen molar-refractivity contribution in [1.29, 1.82) is 0 Å². The van der Waals surface area contributed by atoms with E-state index in [4.69, 9.17) is 23.2 Å². The fourth-order valence-corrected chi connectivity index (χ4v) is 17.8. The molecule has 0 saturated heterocycles. The van der Waals surface area contributed by atoms with E-state index in [-0.39, 0.29) is 0 Å². The van der Waals surface area contributed by atoms with Gasteiger partial charge in [0.15, 0.2) is 0 Å². The molecule has 3 unspecified atom stereocenters. The smallest absolute Gasteiger partial charge is 0.113 e. The number of hydrogen-bond donors (Lipinski definition) is 0. The van der Waals surface area contributed by atoms with Crippen LogP contribution < -0.4 is 0 Å². The van der Waals surface area contributed by atoms with Crippen LogP contribution in [0.3, 0.4) is 0 Å². The number of unbranched alkanes of at least 4 members (excludes halogenated alkanes) is 3. The fourth-order valence-electron chi connectivity index (χ4n) is 8.69. The summed E-state index contributed by atoms with van der Waals surface area (Å²) >= 11 is 16.8. The molecule has 0 aromatic heterocycles. The summed E-state index contributed by atoms with van der Waals surface area (Å²) in [5.41, 5.74) is 8.73. The number of halogens is 2. The Bertz CT molecular complexity index is 1370. The van der Waals surface area contributed by atoms with E-state index in [1.165, 1.54) is 97.6 Å². The molecule has 2 aromatic rings. The number of allylic oxidation sites excluding steroid dienone is 3. The van der Waals surface area contributed by atoms with Gasteiger partial charge in [-0.1, -0.05) is 177 Å². The van der Waals surface area contributed by atoms with Gasteiger partial charge in [-0.05, 0) is 58.0 Å². The van der Waals surface area contributed by atoms with Crippen LogP contribution in [0.25, 0.3) is 11.6 Å². The normalized spacial score (nSPS) is 25.3. The van der Waals surface area contributed by atoms with E-state index in [2.05, 4.69) is 108 Å². The van der Waals surface area contributed by atoms with Gasteiger partial charge in [0.05, 0.1) is 8.99 Å². The third kappa shape index (κ3) is 6.81. The molecular weight excluding hydrogens is 608 g/mol. The Hall–Kier alpha value is -1.07. The molecule has 0 nitrogen and oxygen atoms in total. The van der Waals surface area contributed by atoms with Crippen LogP contribution in [-0.4, -0.2) is 16.1 Å². The Morgan fingerprint density at radius 2 is 1.43 bits per heavy atom. The van der Waals surface area contributed by atoms with E-state index < -0.39 is 25.1 Å². The molecule has 0 bridgehead atoms. The first-order chi connectivity index (χ1) is 20.7. The lowest BCUT2D eigenvalue weighted by molar-refractivity contribution is 0.357. The second-order valence-electron chi connectivity index (χ2n) is 17.1. The zero-order valence-electron chi connectivity index (χ0n) is 28.8. The van der Waals surface area contributed by atoms with Crippen LogP contribution in [0.5, 0.6) is 0 Å². The van der Waals surface area contributed by atoms with Gasteiger partial charge in [0, 0.05) is 8.07 Å². The fraction of sp³-hybridized carbons (Fsp3) is 0.600. The summed E-state index contributed by atoms with van der Waals surface area (Å²) in [6, 6.07) is 20.4. The van der Waals surface area contributed by atoms with Crippen molar-refractivity contribution in [3.63, 3.8) is 0 Å². The first-order valence-electron chi connectivity index (χ1n) is 17.7. The van der Waals surface area contributed by atoms with E-state index in [0.29, 0.717) is 5.41 Å². The van der Waals surface area contributed by atoms with Crippen molar-refractivity contribution in [2.24, 2.45) is 11.3 Å². The van der Waals surface area contributed by atoms with Gasteiger partial charge in [0.25, 0.3) is 0 Å². The van der Waals surface area contributed by atoms with Gasteiger partial charge >= 0.3 is 0 Å². The highest BCUT2D eigenvalue weighted by Crippen LogP contribution is 2.64. The Kier molecular flexibility index (Phi) is 10.3. The molecule has 1 saturated carbocycles. The van der Waals surface area contributed by atoms with Crippen molar-refractivity contribution in [3.8, 4) is 0 Å². The zero-order valence-corrected chi connectivity index (χ0v) is 32.3. The maximum absolute atomic E-state index is 8.46. The minimum absolute atomic E-state index is 0.404. The van der Waals surface area contributed by atoms with Crippen molar-refractivity contribution >= 4 is 51.0 Å². The maximum Gasteiger partial charge on any atom is 0.119 e. The summed E-state index contributed by atoms with van der Waals surface area (Å²) in [6.45, 7) is 17.2. The van der Waals surface area contributed by atoms with Crippen molar-refractivity contribution in [3.05, 3.63) is 82.4 Å². The zero-order chi connectivity index (χ0) is 31.8. The predicted molar refractivity (Wildman–Crippen MR) is 202 cm³/mol. The Labute approximate surface area is 282 Å². The Morgan fingerprint density at radius 1 is 0.795 bits per heavy atom. The third-order valence-corrected chi connectivity index (χ3v) is 21.2. The van der Waals surface area contributed by atoms with E-state index in [1.54, 1.807) is 0 Å². The molecule has 0 aliphatic heterocycles. The molecule has 3 atom stereocenters. The molecule has 0 amide bonds. The van der Waals surface area contributed by atoms with Gasteiger partial charge < -0.3 is 0 Å². The van der Waals surface area contributed by atoms with Gasteiger partial charge in [-0.2, -0.15) is 0 Å². The second-order valence-corrected chi connectivity index (χ2v) is 29.1. The standard InChI is InChI=1S/C40H58Cl2Si2/c1-38(2,3)25-17-8-9-18-26-44(7,40(42)34(30-43(4,5)6)28-32-21-13-15-23-36(32)40)39(41)29-33(27-31-19-11-10-12-20-31)35-22-14-16-24-37(35)39/h13-16,21-24,28-29,31H,8-12,17-20,25-27,30H2,1-7H3. The van der Waals surface area contributed by atoms with Crippen molar-refractivity contribution < 1.29 is 0 Å².